The van der Waals surface area contributed by atoms with E-state index < -0.39 is 23.6 Å². The molecule has 0 aromatic carbocycles. The van der Waals surface area contributed by atoms with Crippen LogP contribution in [0.4, 0.5) is 4.79 Å². The topological polar surface area (TPSA) is 84.5 Å². The number of nitrogens with one attached hydrogen (secondary N) is 2. The van der Waals surface area contributed by atoms with Crippen LogP contribution in [-0.4, -0.2) is 29.6 Å². The Morgan fingerprint density at radius 1 is 1.47 bits per heavy atom. The molecule has 6 heteroatoms. The summed E-state index contributed by atoms with van der Waals surface area (Å²) in [6, 6.07) is -0.813. The highest BCUT2D eigenvalue weighted by atomic mass is 16.6. The van der Waals surface area contributed by atoms with E-state index in [1.165, 1.54) is 0 Å². The minimum absolute atomic E-state index is 0.0297. The van der Waals surface area contributed by atoms with Gasteiger partial charge < -0.3 is 10.1 Å². The molecular formula is C9H14N2O4. The van der Waals surface area contributed by atoms with Gasteiger partial charge in [-0.05, 0) is 20.8 Å². The Morgan fingerprint density at radius 2 is 2.07 bits per heavy atom. The van der Waals surface area contributed by atoms with Crippen molar-refractivity contribution in [3.8, 4) is 0 Å². The van der Waals surface area contributed by atoms with Gasteiger partial charge in [0.05, 0.1) is 6.42 Å². The summed E-state index contributed by atoms with van der Waals surface area (Å²) in [6.07, 6.45) is -0.727. The van der Waals surface area contributed by atoms with Gasteiger partial charge in [0, 0.05) is 0 Å². The van der Waals surface area contributed by atoms with Crippen LogP contribution in [0.2, 0.25) is 0 Å². The van der Waals surface area contributed by atoms with E-state index in [1.807, 2.05) is 0 Å². The predicted molar refractivity (Wildman–Crippen MR) is 50.9 cm³/mol. The normalized spacial score (nSPS) is 21.1. The zero-order valence-electron chi connectivity index (χ0n) is 8.92. The van der Waals surface area contributed by atoms with E-state index in [4.69, 9.17) is 4.74 Å². The van der Waals surface area contributed by atoms with Crippen LogP contribution >= 0.6 is 0 Å². The van der Waals surface area contributed by atoms with Crippen LogP contribution < -0.4 is 10.6 Å². The zero-order chi connectivity index (χ0) is 11.6. The average Bonchev–Trinajstić information content (AvgIpc) is 2.25. The van der Waals surface area contributed by atoms with Gasteiger partial charge in [-0.15, -0.1) is 0 Å². The lowest BCUT2D eigenvalue weighted by atomic mass is 10.2. The van der Waals surface area contributed by atoms with Gasteiger partial charge in [-0.25, -0.2) is 4.79 Å². The Bertz CT molecular complexity index is 306. The molecule has 1 heterocycles. The summed E-state index contributed by atoms with van der Waals surface area (Å²) in [5.74, 6) is -0.882. The maximum absolute atomic E-state index is 11.2. The van der Waals surface area contributed by atoms with Crippen LogP contribution in [0.15, 0.2) is 0 Å². The summed E-state index contributed by atoms with van der Waals surface area (Å²) in [4.78, 5) is 33.1. The molecule has 0 saturated carbocycles. The van der Waals surface area contributed by atoms with Gasteiger partial charge in [-0.2, -0.15) is 0 Å². The molecule has 1 fully saturated rings. The highest BCUT2D eigenvalue weighted by molar-refractivity contribution is 6.06. The van der Waals surface area contributed by atoms with Crippen molar-refractivity contribution in [2.75, 3.05) is 0 Å². The number of amides is 3. The highest BCUT2D eigenvalue weighted by Gasteiger charge is 2.32. The van der Waals surface area contributed by atoms with Crippen molar-refractivity contribution in [1.29, 1.82) is 0 Å². The lowest BCUT2D eigenvalue weighted by molar-refractivity contribution is -0.125. The molecule has 1 saturated heterocycles. The Hall–Kier alpha value is -1.59. The van der Waals surface area contributed by atoms with Crippen molar-refractivity contribution in [1.82, 2.24) is 10.6 Å². The number of carbonyl (C=O) groups is 3. The van der Waals surface area contributed by atoms with Crippen molar-refractivity contribution in [3.63, 3.8) is 0 Å². The minimum Gasteiger partial charge on any atom is -0.444 e. The zero-order valence-corrected chi connectivity index (χ0v) is 8.92. The molecule has 0 aromatic rings. The van der Waals surface area contributed by atoms with Gasteiger partial charge in [0.2, 0.25) is 11.8 Å². The Kier molecular flexibility index (Phi) is 2.97. The Labute approximate surface area is 87.4 Å². The summed E-state index contributed by atoms with van der Waals surface area (Å²) < 4.78 is 4.94. The van der Waals surface area contributed by atoms with Crippen LogP contribution in [0.25, 0.3) is 0 Å². The van der Waals surface area contributed by atoms with Gasteiger partial charge in [0.15, 0.2) is 0 Å². The van der Waals surface area contributed by atoms with Crippen molar-refractivity contribution in [2.45, 2.75) is 38.8 Å². The summed E-state index contributed by atoms with van der Waals surface area (Å²) >= 11 is 0. The fourth-order valence-electron chi connectivity index (χ4n) is 1.12. The minimum atomic E-state index is -0.813. The number of rotatable bonds is 1. The molecule has 0 spiro atoms. The molecule has 1 rings (SSSR count). The molecule has 2 N–H and O–H groups in total. The van der Waals surface area contributed by atoms with Gasteiger partial charge in [0.25, 0.3) is 0 Å². The first kappa shape index (κ1) is 11.5. The van der Waals surface area contributed by atoms with Crippen LogP contribution in [-0.2, 0) is 14.3 Å². The summed E-state index contributed by atoms with van der Waals surface area (Å²) in [7, 11) is 0. The summed E-state index contributed by atoms with van der Waals surface area (Å²) in [5.41, 5.74) is -0.622. The Morgan fingerprint density at radius 3 is 2.47 bits per heavy atom. The molecule has 0 aromatic heterocycles. The average molecular weight is 214 g/mol. The smallest absolute Gasteiger partial charge is 0.408 e. The third-order valence-electron chi connectivity index (χ3n) is 1.66. The first-order valence-corrected chi connectivity index (χ1v) is 4.61. The third kappa shape index (κ3) is 3.57. The Balaban J connectivity index is 2.45. The standard InChI is InChI=1S/C9H14N2O4/c1-9(2,3)15-8(14)10-5-4-6(12)11-7(5)13/h5H,4H2,1-3H3,(H,10,14)(H,11,12,13)/t5-/m0/s1. The molecule has 3 amide bonds. The first-order valence-electron chi connectivity index (χ1n) is 4.61. The lowest BCUT2D eigenvalue weighted by Crippen LogP contribution is -2.42. The largest absolute Gasteiger partial charge is 0.444 e. The van der Waals surface area contributed by atoms with E-state index in [9.17, 15) is 14.4 Å². The summed E-state index contributed by atoms with van der Waals surface area (Å²) in [5, 5.41) is 4.41. The number of ether oxygens (including phenoxy) is 1. The summed E-state index contributed by atoms with van der Waals surface area (Å²) in [6.45, 7) is 5.14. The number of carbonyl (C=O) groups excluding carboxylic acids is 3. The second-order valence-corrected chi connectivity index (χ2v) is 4.32. The maximum atomic E-state index is 11.2. The molecule has 1 atom stereocenters. The van der Waals surface area contributed by atoms with Crippen molar-refractivity contribution in [2.24, 2.45) is 0 Å². The van der Waals surface area contributed by atoms with Gasteiger partial charge >= 0.3 is 6.09 Å². The van der Waals surface area contributed by atoms with Gasteiger partial charge in [-0.3, -0.25) is 14.9 Å². The maximum Gasteiger partial charge on any atom is 0.408 e. The molecule has 0 unspecified atom stereocenters. The quantitative estimate of drug-likeness (QED) is 0.598. The van der Waals surface area contributed by atoms with Gasteiger partial charge in [-0.1, -0.05) is 0 Å². The highest BCUT2D eigenvalue weighted by Crippen LogP contribution is 2.08. The number of hydrogen-bond donors (Lipinski definition) is 2. The van der Waals surface area contributed by atoms with Gasteiger partial charge in [0.1, 0.15) is 11.6 Å². The number of alkyl carbamates (subject to hydrolysis) is 1. The molecule has 6 nitrogen and oxygen atoms in total. The molecule has 0 bridgehead atoms. The van der Waals surface area contributed by atoms with E-state index >= 15 is 0 Å². The van der Waals surface area contributed by atoms with Crippen LogP contribution in [0.5, 0.6) is 0 Å². The monoisotopic (exact) mass is 214 g/mol. The molecule has 1 aliphatic heterocycles. The fourth-order valence-corrected chi connectivity index (χ4v) is 1.12. The third-order valence-corrected chi connectivity index (χ3v) is 1.66. The van der Waals surface area contributed by atoms with E-state index in [2.05, 4.69) is 10.6 Å². The molecular weight excluding hydrogens is 200 g/mol. The van der Waals surface area contributed by atoms with Crippen molar-refractivity contribution >= 4 is 17.9 Å². The van der Waals surface area contributed by atoms with Crippen molar-refractivity contribution in [3.05, 3.63) is 0 Å². The van der Waals surface area contributed by atoms with E-state index in [1.54, 1.807) is 20.8 Å². The second-order valence-electron chi connectivity index (χ2n) is 4.32. The lowest BCUT2D eigenvalue weighted by Gasteiger charge is -2.20. The van der Waals surface area contributed by atoms with Crippen LogP contribution in [0.3, 0.4) is 0 Å². The van der Waals surface area contributed by atoms with Crippen LogP contribution in [0.1, 0.15) is 27.2 Å². The van der Waals surface area contributed by atoms with E-state index in [0.29, 0.717) is 0 Å². The first-order chi connectivity index (χ1) is 6.78. The van der Waals surface area contributed by atoms with E-state index in [0.717, 1.165) is 0 Å². The SMILES string of the molecule is CC(C)(C)OC(=O)N[C@H]1CC(=O)NC1=O. The van der Waals surface area contributed by atoms with Crippen LogP contribution in [0, 0.1) is 0 Å². The second kappa shape index (κ2) is 3.88. The fraction of sp³-hybridized carbons (Fsp3) is 0.667. The number of hydrogen-bond acceptors (Lipinski definition) is 4. The predicted octanol–water partition coefficient (Wildman–Crippen LogP) is -0.0738. The molecule has 0 aliphatic carbocycles. The molecule has 0 radical (unpaired) electrons. The van der Waals surface area contributed by atoms with Crippen molar-refractivity contribution < 1.29 is 19.1 Å². The number of imide groups is 1. The molecule has 1 aliphatic rings. The van der Waals surface area contributed by atoms with E-state index in [-0.39, 0.29) is 12.3 Å². The molecule has 15 heavy (non-hydrogen) atoms. The molecule has 84 valence electrons.